The van der Waals surface area contributed by atoms with Crippen LogP contribution < -0.4 is 0 Å². The van der Waals surface area contributed by atoms with E-state index in [0.29, 0.717) is 5.56 Å². The highest BCUT2D eigenvalue weighted by atomic mass is 16.3. The molecular weight excluding hydrogens is 188 g/mol. The number of phenolic OH excluding ortho intramolecular Hbond substituents is 1. The Hall–Kier alpha value is -2.18. The van der Waals surface area contributed by atoms with Crippen LogP contribution in [-0.2, 0) is 4.79 Å². The van der Waals surface area contributed by atoms with Crippen molar-refractivity contribution in [2.45, 2.75) is 0 Å². The van der Waals surface area contributed by atoms with Crippen LogP contribution in [0, 0.1) is 0 Å². The maximum atomic E-state index is 10.3. The van der Waals surface area contributed by atoms with E-state index in [-0.39, 0.29) is 5.75 Å². The van der Waals surface area contributed by atoms with Crippen molar-refractivity contribution < 1.29 is 9.90 Å². The monoisotopic (exact) mass is 197 g/mol. The van der Waals surface area contributed by atoms with E-state index in [0.717, 1.165) is 11.1 Å². The number of carbonyl (C=O) groups excluding carboxylic acids is 1. The molecule has 0 aliphatic rings. The first-order valence-corrected chi connectivity index (χ1v) is 4.57. The first-order valence-electron chi connectivity index (χ1n) is 4.57. The molecule has 0 spiro atoms. The van der Waals surface area contributed by atoms with Gasteiger partial charge in [-0.2, -0.15) is 0 Å². The molecule has 1 N–H and O–H groups in total. The molecule has 2 rings (SSSR count). The molecule has 0 radical (unpaired) electrons. The van der Waals surface area contributed by atoms with Crippen molar-refractivity contribution in [2.75, 3.05) is 0 Å². The van der Waals surface area contributed by atoms with E-state index in [4.69, 9.17) is 5.11 Å². The Labute approximate surface area is 87.8 Å². The summed E-state index contributed by atoms with van der Waals surface area (Å²) in [6.07, 6.45) is 1.82. The number of benzene rings is 2. The molecule has 2 aromatic carbocycles. The molecule has 0 saturated carbocycles. The van der Waals surface area contributed by atoms with Gasteiger partial charge in [-0.15, -0.1) is 4.79 Å². The zero-order chi connectivity index (χ0) is 10.7. The van der Waals surface area contributed by atoms with Crippen LogP contribution in [0.2, 0.25) is 0 Å². The van der Waals surface area contributed by atoms with Crippen LogP contribution in [0.4, 0.5) is 0 Å². The van der Waals surface area contributed by atoms with Gasteiger partial charge in [-0.3, -0.25) is 0 Å². The maximum absolute atomic E-state index is 10.3. The van der Waals surface area contributed by atoms with Crippen LogP contribution in [0.25, 0.3) is 11.1 Å². The lowest BCUT2D eigenvalue weighted by Crippen LogP contribution is -1.81. The van der Waals surface area contributed by atoms with Crippen LogP contribution in [0.1, 0.15) is 5.56 Å². The summed E-state index contributed by atoms with van der Waals surface area (Å²) in [4.78, 5) is 10.3. The Bertz CT molecular complexity index is 455. The summed E-state index contributed by atoms with van der Waals surface area (Å²) in [5.41, 5.74) is 2.55. The third-order valence-electron chi connectivity index (χ3n) is 2.20. The Kier molecular flexibility index (Phi) is 2.44. The highest BCUT2D eigenvalue weighted by Crippen LogP contribution is 2.21. The molecule has 0 aliphatic carbocycles. The summed E-state index contributed by atoms with van der Waals surface area (Å²) in [6, 6.07) is 14.1. The van der Waals surface area contributed by atoms with Crippen LogP contribution in [0.3, 0.4) is 0 Å². The number of phenols is 1. The van der Waals surface area contributed by atoms with Gasteiger partial charge >= 0.3 is 6.29 Å². The molecule has 0 unspecified atom stereocenters. The van der Waals surface area contributed by atoms with Gasteiger partial charge < -0.3 is 5.11 Å². The minimum absolute atomic E-state index is 0.247. The van der Waals surface area contributed by atoms with Gasteiger partial charge in [0.05, 0.1) is 12.1 Å². The van der Waals surface area contributed by atoms with Crippen LogP contribution in [0.15, 0.2) is 48.5 Å². The van der Waals surface area contributed by atoms with Crippen molar-refractivity contribution in [3.05, 3.63) is 54.1 Å². The van der Waals surface area contributed by atoms with Crippen molar-refractivity contribution in [1.29, 1.82) is 0 Å². The Morgan fingerprint density at radius 3 is 1.73 bits per heavy atom. The largest absolute Gasteiger partial charge is 0.508 e. The van der Waals surface area contributed by atoms with E-state index in [1.165, 1.54) is 0 Å². The molecule has 0 bridgehead atoms. The second-order valence-corrected chi connectivity index (χ2v) is 3.23. The molecule has 0 aromatic heterocycles. The first kappa shape index (κ1) is 9.38. The van der Waals surface area contributed by atoms with Crippen molar-refractivity contribution in [2.24, 2.45) is 0 Å². The molecule has 2 nitrogen and oxygen atoms in total. The summed E-state index contributed by atoms with van der Waals surface area (Å²) in [5, 5.41) is 9.13. The van der Waals surface area contributed by atoms with Gasteiger partial charge in [-0.05, 0) is 17.7 Å². The van der Waals surface area contributed by atoms with E-state index in [2.05, 4.69) is 0 Å². The zero-order valence-corrected chi connectivity index (χ0v) is 7.97. The van der Waals surface area contributed by atoms with Crippen molar-refractivity contribution in [3.63, 3.8) is 0 Å². The number of rotatable bonds is 2. The highest BCUT2D eigenvalue weighted by molar-refractivity contribution is 5.77. The van der Waals surface area contributed by atoms with Crippen LogP contribution >= 0.6 is 0 Å². The molecule has 0 amide bonds. The molecule has 72 valence electrons. The predicted molar refractivity (Wildman–Crippen MR) is 58.3 cm³/mol. The molecule has 0 heterocycles. The Balaban J connectivity index is 2.37. The van der Waals surface area contributed by atoms with E-state index in [9.17, 15) is 4.79 Å². The minimum atomic E-state index is 0.247. The van der Waals surface area contributed by atoms with Gasteiger partial charge in [-0.1, -0.05) is 12.1 Å². The lowest BCUT2D eigenvalue weighted by Gasteiger charge is -1.98. The molecular formula is C13H9O2+. The first-order chi connectivity index (χ1) is 7.29. The summed E-state index contributed by atoms with van der Waals surface area (Å²) in [7, 11) is 0. The molecule has 15 heavy (non-hydrogen) atoms. The Morgan fingerprint density at radius 2 is 1.27 bits per heavy atom. The zero-order valence-electron chi connectivity index (χ0n) is 7.97. The van der Waals surface area contributed by atoms with Crippen molar-refractivity contribution >= 4 is 6.29 Å². The van der Waals surface area contributed by atoms with Gasteiger partial charge in [0, 0.05) is 17.7 Å². The molecule has 0 aliphatic heterocycles. The third-order valence-corrected chi connectivity index (χ3v) is 2.20. The Morgan fingerprint density at radius 1 is 0.800 bits per heavy atom. The number of hydrogen-bond acceptors (Lipinski definition) is 2. The summed E-state index contributed by atoms with van der Waals surface area (Å²) in [5.74, 6) is 0.247. The SMILES string of the molecule is O=[C+]c1ccc(-c2ccc(O)cc2)cc1. The quantitative estimate of drug-likeness (QED) is 0.751. The second kappa shape index (κ2) is 3.91. The lowest BCUT2D eigenvalue weighted by atomic mass is 10.0. The van der Waals surface area contributed by atoms with Gasteiger partial charge in [0.2, 0.25) is 5.56 Å². The molecule has 0 saturated heterocycles. The topological polar surface area (TPSA) is 37.3 Å². The van der Waals surface area contributed by atoms with Gasteiger partial charge in [0.1, 0.15) is 5.75 Å². The fourth-order valence-corrected chi connectivity index (χ4v) is 1.38. The van der Waals surface area contributed by atoms with Gasteiger partial charge in [0.25, 0.3) is 0 Å². The van der Waals surface area contributed by atoms with Crippen molar-refractivity contribution in [1.82, 2.24) is 0 Å². The maximum Gasteiger partial charge on any atom is 0.303 e. The highest BCUT2D eigenvalue weighted by Gasteiger charge is 2.03. The summed E-state index contributed by atoms with van der Waals surface area (Å²) >= 11 is 0. The average Bonchev–Trinajstić information content (AvgIpc) is 2.30. The smallest absolute Gasteiger partial charge is 0.303 e. The third kappa shape index (κ3) is 2.01. The molecule has 2 aromatic rings. The summed E-state index contributed by atoms with van der Waals surface area (Å²) in [6.45, 7) is 0. The van der Waals surface area contributed by atoms with Crippen molar-refractivity contribution in [3.8, 4) is 16.9 Å². The standard InChI is InChI=1S/C13H8O2/c14-9-10-1-3-11(4-2-10)12-5-7-13(15)8-6-12/h1-8H/p+1. The fourth-order valence-electron chi connectivity index (χ4n) is 1.38. The molecule has 2 heteroatoms. The van der Waals surface area contributed by atoms with Crippen LogP contribution in [0.5, 0.6) is 5.75 Å². The lowest BCUT2D eigenvalue weighted by molar-refractivity contribution is 0.475. The second-order valence-electron chi connectivity index (χ2n) is 3.23. The van der Waals surface area contributed by atoms with Crippen LogP contribution in [-0.4, -0.2) is 11.4 Å². The molecule has 0 atom stereocenters. The van der Waals surface area contributed by atoms with E-state index in [1.54, 1.807) is 24.3 Å². The number of hydrogen-bond donors (Lipinski definition) is 1. The number of aromatic hydroxyl groups is 1. The molecule has 0 fully saturated rings. The predicted octanol–water partition coefficient (Wildman–Crippen LogP) is 2.52. The van der Waals surface area contributed by atoms with E-state index >= 15 is 0 Å². The van der Waals surface area contributed by atoms with E-state index < -0.39 is 0 Å². The van der Waals surface area contributed by atoms with Gasteiger partial charge in [-0.25, -0.2) is 0 Å². The average molecular weight is 197 g/mol. The fraction of sp³-hybridized carbons (Fsp3) is 0. The van der Waals surface area contributed by atoms with Gasteiger partial charge in [0.15, 0.2) is 0 Å². The minimum Gasteiger partial charge on any atom is -0.508 e. The summed E-state index contributed by atoms with van der Waals surface area (Å²) < 4.78 is 0. The normalized spacial score (nSPS) is 9.60. The van der Waals surface area contributed by atoms with E-state index in [1.807, 2.05) is 30.6 Å².